The fourth-order valence-corrected chi connectivity index (χ4v) is 3.05. The third-order valence-electron chi connectivity index (χ3n) is 2.77. The molecule has 0 aliphatic rings. The molecule has 0 amide bonds. The Balaban J connectivity index is 2.16. The summed E-state index contributed by atoms with van der Waals surface area (Å²) >= 11 is 0. The summed E-state index contributed by atoms with van der Waals surface area (Å²) in [4.78, 5) is 4.12. The summed E-state index contributed by atoms with van der Waals surface area (Å²) in [5, 5.41) is 3.80. The van der Waals surface area contributed by atoms with Gasteiger partial charge in [0.15, 0.2) is 9.84 Å². The molecule has 0 atom stereocenters. The first-order chi connectivity index (χ1) is 9.54. The van der Waals surface area contributed by atoms with Gasteiger partial charge >= 0.3 is 0 Å². The molecule has 1 heterocycles. The summed E-state index contributed by atoms with van der Waals surface area (Å²) in [6, 6.07) is 7.41. The number of nitrogens with two attached hydrogens (primary N) is 1. The number of rotatable bonds is 6. The monoisotopic (exact) mass is 295 g/mol. The Morgan fingerprint density at radius 1 is 1.25 bits per heavy atom. The van der Waals surface area contributed by atoms with E-state index in [-0.39, 0.29) is 17.4 Å². The van der Waals surface area contributed by atoms with E-state index in [1.807, 2.05) is 31.2 Å². The molecule has 0 fully saturated rings. The Morgan fingerprint density at radius 3 is 2.55 bits per heavy atom. The van der Waals surface area contributed by atoms with Crippen LogP contribution in [0.4, 0.5) is 0 Å². The van der Waals surface area contributed by atoms with Crippen molar-refractivity contribution in [3.63, 3.8) is 0 Å². The highest BCUT2D eigenvalue weighted by molar-refractivity contribution is 7.90. The van der Waals surface area contributed by atoms with Crippen LogP contribution in [0.3, 0.4) is 0 Å². The van der Waals surface area contributed by atoms with E-state index in [9.17, 15) is 8.42 Å². The molecule has 2 N–H and O–H groups in total. The lowest BCUT2D eigenvalue weighted by molar-refractivity contribution is 0.389. The van der Waals surface area contributed by atoms with Crippen molar-refractivity contribution in [3.8, 4) is 11.4 Å². The Bertz CT molecular complexity index is 662. The molecule has 1 aromatic heterocycles. The van der Waals surface area contributed by atoms with Crippen LogP contribution in [-0.4, -0.2) is 24.3 Å². The van der Waals surface area contributed by atoms with Crippen LogP contribution < -0.4 is 5.73 Å². The van der Waals surface area contributed by atoms with Crippen LogP contribution >= 0.6 is 0 Å². The number of benzene rings is 1. The maximum Gasteiger partial charge on any atom is 0.242 e. The fourth-order valence-electron chi connectivity index (χ4n) is 1.79. The van der Waals surface area contributed by atoms with E-state index in [1.54, 1.807) is 0 Å². The van der Waals surface area contributed by atoms with Gasteiger partial charge in [0.2, 0.25) is 11.7 Å². The van der Waals surface area contributed by atoms with Crippen molar-refractivity contribution in [2.75, 3.05) is 5.75 Å². The predicted molar refractivity (Wildman–Crippen MR) is 75.4 cm³/mol. The standard InChI is InChI=1S/C13H17N3O3S/c1-2-7-20(17,18)9-12-15-13(16-19-12)11-5-3-10(8-14)4-6-11/h3-6H,2,7-9,14H2,1H3. The first kappa shape index (κ1) is 14.7. The molecule has 2 rings (SSSR count). The first-order valence-electron chi connectivity index (χ1n) is 6.36. The van der Waals surface area contributed by atoms with Crippen LogP contribution in [0.15, 0.2) is 28.8 Å². The summed E-state index contributed by atoms with van der Waals surface area (Å²) in [7, 11) is -3.18. The molecule has 0 unspecified atom stereocenters. The van der Waals surface area contributed by atoms with E-state index in [0.29, 0.717) is 18.8 Å². The van der Waals surface area contributed by atoms with E-state index < -0.39 is 9.84 Å². The Morgan fingerprint density at radius 2 is 1.95 bits per heavy atom. The van der Waals surface area contributed by atoms with Crippen molar-refractivity contribution < 1.29 is 12.9 Å². The summed E-state index contributed by atoms with van der Waals surface area (Å²) in [6.45, 7) is 2.28. The van der Waals surface area contributed by atoms with Gasteiger partial charge in [-0.25, -0.2) is 8.42 Å². The highest BCUT2D eigenvalue weighted by Crippen LogP contribution is 2.17. The Kier molecular flexibility index (Phi) is 4.51. The average molecular weight is 295 g/mol. The van der Waals surface area contributed by atoms with Gasteiger partial charge in [0, 0.05) is 12.1 Å². The van der Waals surface area contributed by atoms with E-state index in [4.69, 9.17) is 10.3 Å². The number of hydrogen-bond donors (Lipinski definition) is 1. The maximum absolute atomic E-state index is 11.7. The summed E-state index contributed by atoms with van der Waals surface area (Å²) in [5.74, 6) is 0.414. The zero-order chi connectivity index (χ0) is 14.6. The number of aromatic nitrogens is 2. The fraction of sp³-hybridized carbons (Fsp3) is 0.385. The second kappa shape index (κ2) is 6.15. The van der Waals surface area contributed by atoms with E-state index >= 15 is 0 Å². The molecule has 0 bridgehead atoms. The van der Waals surface area contributed by atoms with Crippen molar-refractivity contribution in [1.82, 2.24) is 10.1 Å². The van der Waals surface area contributed by atoms with Gasteiger partial charge in [-0.15, -0.1) is 0 Å². The van der Waals surface area contributed by atoms with Crippen LogP contribution in [0.1, 0.15) is 24.8 Å². The molecule has 6 nitrogen and oxygen atoms in total. The average Bonchev–Trinajstić information content (AvgIpc) is 2.86. The topological polar surface area (TPSA) is 99.1 Å². The molecule has 0 spiro atoms. The SMILES string of the molecule is CCCS(=O)(=O)Cc1nc(-c2ccc(CN)cc2)no1. The Labute approximate surface area is 117 Å². The molecule has 20 heavy (non-hydrogen) atoms. The van der Waals surface area contributed by atoms with Gasteiger partial charge in [0.25, 0.3) is 0 Å². The van der Waals surface area contributed by atoms with Crippen molar-refractivity contribution in [2.45, 2.75) is 25.6 Å². The van der Waals surface area contributed by atoms with Crippen LogP contribution in [-0.2, 0) is 22.1 Å². The van der Waals surface area contributed by atoms with Crippen LogP contribution in [0.25, 0.3) is 11.4 Å². The van der Waals surface area contributed by atoms with Gasteiger partial charge in [-0.05, 0) is 12.0 Å². The highest BCUT2D eigenvalue weighted by atomic mass is 32.2. The maximum atomic E-state index is 11.7. The van der Waals surface area contributed by atoms with Gasteiger partial charge in [-0.3, -0.25) is 0 Å². The minimum absolute atomic E-state index is 0.121. The normalized spacial score (nSPS) is 11.7. The molecule has 0 saturated heterocycles. The Hall–Kier alpha value is -1.73. The highest BCUT2D eigenvalue weighted by Gasteiger charge is 2.17. The molecule has 7 heteroatoms. The molecule has 2 aromatic rings. The van der Waals surface area contributed by atoms with Gasteiger partial charge in [0.1, 0.15) is 5.75 Å². The summed E-state index contributed by atoms with van der Waals surface area (Å²) in [6.07, 6.45) is 0.573. The van der Waals surface area contributed by atoms with Crippen LogP contribution in [0, 0.1) is 0 Å². The minimum Gasteiger partial charge on any atom is -0.338 e. The predicted octanol–water partition coefficient (Wildman–Crippen LogP) is 1.52. The number of hydrogen-bond acceptors (Lipinski definition) is 6. The quantitative estimate of drug-likeness (QED) is 0.867. The lowest BCUT2D eigenvalue weighted by atomic mass is 10.1. The second-order valence-electron chi connectivity index (χ2n) is 4.50. The third kappa shape index (κ3) is 3.64. The van der Waals surface area contributed by atoms with E-state index in [0.717, 1.165) is 11.1 Å². The van der Waals surface area contributed by atoms with Gasteiger partial charge in [0.05, 0.1) is 5.75 Å². The molecule has 108 valence electrons. The zero-order valence-electron chi connectivity index (χ0n) is 11.2. The first-order valence-corrected chi connectivity index (χ1v) is 8.18. The van der Waals surface area contributed by atoms with E-state index in [2.05, 4.69) is 10.1 Å². The van der Waals surface area contributed by atoms with Gasteiger partial charge < -0.3 is 10.3 Å². The largest absolute Gasteiger partial charge is 0.338 e. The zero-order valence-corrected chi connectivity index (χ0v) is 12.1. The smallest absolute Gasteiger partial charge is 0.242 e. The molecule has 0 aliphatic carbocycles. The van der Waals surface area contributed by atoms with E-state index in [1.165, 1.54) is 0 Å². The number of sulfone groups is 1. The van der Waals surface area contributed by atoms with Gasteiger partial charge in [-0.2, -0.15) is 4.98 Å². The minimum atomic E-state index is -3.18. The molecule has 1 aromatic carbocycles. The van der Waals surface area contributed by atoms with Gasteiger partial charge in [-0.1, -0.05) is 36.3 Å². The lowest BCUT2D eigenvalue weighted by Gasteiger charge is -1.98. The lowest BCUT2D eigenvalue weighted by Crippen LogP contribution is -2.08. The van der Waals surface area contributed by atoms with Crippen LogP contribution in [0.2, 0.25) is 0 Å². The molecule has 0 radical (unpaired) electrons. The molecule has 0 saturated carbocycles. The molecule has 0 aliphatic heterocycles. The number of nitrogens with zero attached hydrogens (tertiary/aromatic N) is 2. The third-order valence-corrected chi connectivity index (χ3v) is 4.49. The van der Waals surface area contributed by atoms with Crippen molar-refractivity contribution >= 4 is 9.84 Å². The van der Waals surface area contributed by atoms with Crippen molar-refractivity contribution in [3.05, 3.63) is 35.7 Å². The summed E-state index contributed by atoms with van der Waals surface area (Å²) < 4.78 is 28.4. The second-order valence-corrected chi connectivity index (χ2v) is 6.69. The summed E-state index contributed by atoms with van der Waals surface area (Å²) in [5.41, 5.74) is 7.30. The van der Waals surface area contributed by atoms with Crippen molar-refractivity contribution in [2.24, 2.45) is 5.73 Å². The van der Waals surface area contributed by atoms with Crippen LogP contribution in [0.5, 0.6) is 0 Å². The van der Waals surface area contributed by atoms with Crippen molar-refractivity contribution in [1.29, 1.82) is 0 Å². The molecular formula is C13H17N3O3S. The molecular weight excluding hydrogens is 278 g/mol.